The monoisotopic (exact) mass is 260 g/mol. The maximum absolute atomic E-state index is 11.5. The first kappa shape index (κ1) is 15.4. The minimum absolute atomic E-state index is 0.154. The maximum atomic E-state index is 11.5. The standard InChI is InChI=1S/C11H24O3Si2/c1-10(14-16(4,5)6)11(12)13-8-7-9-15(2)3/h15H,1,7-9H2,2-6H3. The fourth-order valence-electron chi connectivity index (χ4n) is 1.15. The molecule has 0 spiro atoms. The lowest BCUT2D eigenvalue weighted by atomic mass is 10.5. The van der Waals surface area contributed by atoms with E-state index in [0.29, 0.717) is 6.61 Å². The summed E-state index contributed by atoms with van der Waals surface area (Å²) in [6, 6.07) is 1.20. The van der Waals surface area contributed by atoms with Crippen molar-refractivity contribution < 1.29 is 14.0 Å². The zero-order valence-corrected chi connectivity index (χ0v) is 13.3. The second-order valence-electron chi connectivity index (χ2n) is 5.31. The predicted molar refractivity (Wildman–Crippen MR) is 72.8 cm³/mol. The average molecular weight is 260 g/mol. The number of rotatable bonds is 7. The summed E-state index contributed by atoms with van der Waals surface area (Å²) in [6.45, 7) is 14.7. The van der Waals surface area contributed by atoms with Crippen LogP contribution in [0.25, 0.3) is 0 Å². The van der Waals surface area contributed by atoms with Gasteiger partial charge in [0.15, 0.2) is 5.76 Å². The molecule has 3 nitrogen and oxygen atoms in total. The minimum Gasteiger partial charge on any atom is -0.540 e. The van der Waals surface area contributed by atoms with E-state index < -0.39 is 23.1 Å². The highest BCUT2D eigenvalue weighted by atomic mass is 28.4. The van der Waals surface area contributed by atoms with Crippen molar-refractivity contribution in [3.8, 4) is 0 Å². The molecule has 0 fully saturated rings. The average Bonchev–Trinajstić information content (AvgIpc) is 2.08. The molecule has 0 aromatic carbocycles. The molecule has 0 aliphatic heterocycles. The van der Waals surface area contributed by atoms with Crippen LogP contribution < -0.4 is 0 Å². The molecule has 0 radical (unpaired) electrons. The van der Waals surface area contributed by atoms with Gasteiger partial charge in [-0.3, -0.25) is 0 Å². The van der Waals surface area contributed by atoms with E-state index in [2.05, 4.69) is 19.7 Å². The van der Waals surface area contributed by atoms with Crippen LogP contribution in [0.15, 0.2) is 12.3 Å². The molecule has 0 bridgehead atoms. The Morgan fingerprint density at radius 2 is 1.88 bits per heavy atom. The lowest BCUT2D eigenvalue weighted by molar-refractivity contribution is -0.141. The summed E-state index contributed by atoms with van der Waals surface area (Å²) in [7, 11) is -2.27. The predicted octanol–water partition coefficient (Wildman–Crippen LogP) is 2.77. The van der Waals surface area contributed by atoms with E-state index in [1.54, 1.807) is 0 Å². The van der Waals surface area contributed by atoms with E-state index in [0.717, 1.165) is 6.42 Å². The topological polar surface area (TPSA) is 35.5 Å². The van der Waals surface area contributed by atoms with Crippen molar-refractivity contribution in [2.75, 3.05) is 6.61 Å². The summed E-state index contributed by atoms with van der Waals surface area (Å²) in [5.74, 6) is -0.256. The molecule has 0 rings (SSSR count). The van der Waals surface area contributed by atoms with E-state index >= 15 is 0 Å². The van der Waals surface area contributed by atoms with Crippen LogP contribution in [-0.4, -0.2) is 29.7 Å². The molecule has 94 valence electrons. The number of hydrogen-bond donors (Lipinski definition) is 0. The summed E-state index contributed by atoms with van der Waals surface area (Å²) in [5.41, 5.74) is 0. The molecular formula is C11H24O3Si2. The largest absolute Gasteiger partial charge is 0.540 e. The van der Waals surface area contributed by atoms with E-state index in [9.17, 15) is 4.79 Å². The summed E-state index contributed by atoms with van der Waals surface area (Å²) >= 11 is 0. The number of esters is 1. The van der Waals surface area contributed by atoms with Gasteiger partial charge in [0.05, 0.1) is 6.61 Å². The van der Waals surface area contributed by atoms with Crippen LogP contribution in [0.4, 0.5) is 0 Å². The zero-order chi connectivity index (χ0) is 12.8. The highest BCUT2D eigenvalue weighted by Crippen LogP contribution is 2.10. The third kappa shape index (κ3) is 8.73. The van der Waals surface area contributed by atoms with Crippen LogP contribution in [0.3, 0.4) is 0 Å². The SMILES string of the molecule is C=C(O[Si](C)(C)C)C(=O)OCCC[SiH](C)C. The molecular weight excluding hydrogens is 236 g/mol. The molecule has 0 aromatic heterocycles. The van der Waals surface area contributed by atoms with Gasteiger partial charge in [0, 0.05) is 8.80 Å². The molecule has 0 saturated carbocycles. The quantitative estimate of drug-likeness (QED) is 0.232. The van der Waals surface area contributed by atoms with Crippen LogP contribution in [0.1, 0.15) is 6.42 Å². The van der Waals surface area contributed by atoms with E-state index in [4.69, 9.17) is 9.16 Å². The van der Waals surface area contributed by atoms with Crippen LogP contribution >= 0.6 is 0 Å². The van der Waals surface area contributed by atoms with Gasteiger partial charge in [0.1, 0.15) is 0 Å². The van der Waals surface area contributed by atoms with Gasteiger partial charge in [-0.25, -0.2) is 4.79 Å². The van der Waals surface area contributed by atoms with Crippen LogP contribution in [0, 0.1) is 0 Å². The first-order chi connectivity index (χ1) is 7.22. The molecule has 5 heteroatoms. The fraction of sp³-hybridized carbons (Fsp3) is 0.727. The van der Waals surface area contributed by atoms with E-state index in [1.165, 1.54) is 6.04 Å². The number of hydrogen-bond acceptors (Lipinski definition) is 3. The van der Waals surface area contributed by atoms with Gasteiger partial charge in [-0.05, 0) is 26.1 Å². The Kier molecular flexibility index (Phi) is 6.66. The Morgan fingerprint density at radius 1 is 1.31 bits per heavy atom. The first-order valence-corrected chi connectivity index (χ1v) is 12.3. The van der Waals surface area contributed by atoms with Crippen LogP contribution in [-0.2, 0) is 14.0 Å². The zero-order valence-electron chi connectivity index (χ0n) is 11.1. The Hall–Kier alpha value is -0.556. The second-order valence-corrected chi connectivity index (χ2v) is 13.1. The Balaban J connectivity index is 3.77. The molecule has 0 unspecified atom stereocenters. The molecule has 16 heavy (non-hydrogen) atoms. The summed E-state index contributed by atoms with van der Waals surface area (Å²) in [6.07, 6.45) is 0.954. The van der Waals surface area contributed by atoms with Gasteiger partial charge < -0.3 is 9.16 Å². The first-order valence-electron chi connectivity index (χ1n) is 5.77. The summed E-state index contributed by atoms with van der Waals surface area (Å²) in [4.78, 5) is 11.5. The third-order valence-corrected chi connectivity index (χ3v) is 4.24. The molecule has 0 saturated heterocycles. The van der Waals surface area contributed by atoms with Crippen molar-refractivity contribution in [3.05, 3.63) is 12.3 Å². The Morgan fingerprint density at radius 3 is 2.31 bits per heavy atom. The highest BCUT2D eigenvalue weighted by molar-refractivity contribution is 6.70. The van der Waals surface area contributed by atoms with Crippen molar-refractivity contribution in [3.63, 3.8) is 0 Å². The van der Waals surface area contributed by atoms with Crippen molar-refractivity contribution in [2.45, 2.75) is 45.2 Å². The van der Waals surface area contributed by atoms with Gasteiger partial charge >= 0.3 is 5.97 Å². The smallest absolute Gasteiger partial charge is 0.371 e. The lowest BCUT2D eigenvalue weighted by Crippen LogP contribution is -2.27. The van der Waals surface area contributed by atoms with E-state index in [-0.39, 0.29) is 5.76 Å². The summed E-state index contributed by atoms with van der Waals surface area (Å²) < 4.78 is 10.5. The van der Waals surface area contributed by atoms with Crippen LogP contribution in [0.2, 0.25) is 38.8 Å². The second kappa shape index (κ2) is 6.90. The Labute approximate surface area is 102 Å². The van der Waals surface area contributed by atoms with Gasteiger partial charge in [-0.2, -0.15) is 0 Å². The van der Waals surface area contributed by atoms with Crippen LogP contribution in [0.5, 0.6) is 0 Å². The third-order valence-electron chi connectivity index (χ3n) is 1.82. The highest BCUT2D eigenvalue weighted by Gasteiger charge is 2.21. The summed E-state index contributed by atoms with van der Waals surface area (Å²) in [5, 5.41) is 0. The van der Waals surface area contributed by atoms with Gasteiger partial charge in [-0.1, -0.05) is 25.7 Å². The van der Waals surface area contributed by atoms with Gasteiger partial charge in [-0.15, -0.1) is 0 Å². The molecule has 0 aliphatic rings. The molecule has 0 aliphatic carbocycles. The minimum atomic E-state index is -1.74. The lowest BCUT2D eigenvalue weighted by Gasteiger charge is -2.19. The van der Waals surface area contributed by atoms with Gasteiger partial charge in [0.2, 0.25) is 8.32 Å². The number of carbonyl (C=O) groups is 1. The van der Waals surface area contributed by atoms with Crippen molar-refractivity contribution in [2.24, 2.45) is 0 Å². The van der Waals surface area contributed by atoms with E-state index in [1.807, 2.05) is 19.6 Å². The van der Waals surface area contributed by atoms with Crippen molar-refractivity contribution in [1.29, 1.82) is 0 Å². The van der Waals surface area contributed by atoms with Crippen molar-refractivity contribution in [1.82, 2.24) is 0 Å². The van der Waals surface area contributed by atoms with Gasteiger partial charge in [0.25, 0.3) is 0 Å². The molecule has 0 atom stereocenters. The Bertz CT molecular complexity index is 244. The maximum Gasteiger partial charge on any atom is 0.371 e. The van der Waals surface area contributed by atoms with Crippen molar-refractivity contribution >= 4 is 23.1 Å². The number of carbonyl (C=O) groups excluding carboxylic acids is 1. The fourth-order valence-corrected chi connectivity index (χ4v) is 2.95. The number of ether oxygens (including phenoxy) is 1. The molecule has 0 N–H and O–H groups in total. The molecule has 0 amide bonds. The normalized spacial score (nSPS) is 11.4. The molecule has 0 aromatic rings. The molecule has 0 heterocycles.